The van der Waals surface area contributed by atoms with Crippen molar-refractivity contribution in [1.82, 2.24) is 10.2 Å². The number of likely N-dealkylation sites (tertiary alicyclic amines) is 1. The molecule has 0 saturated carbocycles. The van der Waals surface area contributed by atoms with Crippen LogP contribution in [0.25, 0.3) is 0 Å². The molecule has 1 atom stereocenters. The summed E-state index contributed by atoms with van der Waals surface area (Å²) in [5, 5.41) is 3.36. The Balaban J connectivity index is 0.000000423. The van der Waals surface area contributed by atoms with Gasteiger partial charge in [-0.15, -0.1) is 0 Å². The third-order valence-corrected chi connectivity index (χ3v) is 2.77. The topological polar surface area (TPSA) is 41.6 Å². The number of carbonyl (C=O) groups is 1. The highest BCUT2D eigenvalue weighted by Gasteiger charge is 2.13. The number of rotatable bonds is 3. The van der Waals surface area contributed by atoms with Crippen LogP contribution in [0.1, 0.15) is 26.2 Å². The summed E-state index contributed by atoms with van der Waals surface area (Å²) < 4.78 is 3.86. The molecule has 1 unspecified atom stereocenters. The Bertz CT molecular complexity index is 142. The summed E-state index contributed by atoms with van der Waals surface area (Å²) in [6.07, 6.45) is 4.04. The van der Waals surface area contributed by atoms with Crippen molar-refractivity contribution >= 4 is 6.47 Å². The maximum atomic E-state index is 8.95. The Labute approximate surface area is 93.0 Å². The van der Waals surface area contributed by atoms with Gasteiger partial charge in [0.15, 0.2) is 0 Å². The van der Waals surface area contributed by atoms with Crippen molar-refractivity contribution in [2.45, 2.75) is 32.2 Å². The molecule has 0 aromatic rings. The number of methoxy groups -OCH3 is 1. The number of ether oxygens (including phenoxy) is 1. The van der Waals surface area contributed by atoms with E-state index in [-0.39, 0.29) is 0 Å². The van der Waals surface area contributed by atoms with Crippen molar-refractivity contribution in [2.24, 2.45) is 0 Å². The van der Waals surface area contributed by atoms with Crippen LogP contribution in [0.3, 0.4) is 0 Å². The monoisotopic (exact) mass is 216 g/mol. The van der Waals surface area contributed by atoms with Gasteiger partial charge < -0.3 is 15.0 Å². The zero-order chi connectivity index (χ0) is 11.5. The Kier molecular flexibility index (Phi) is 9.52. The zero-order valence-corrected chi connectivity index (χ0v) is 10.2. The van der Waals surface area contributed by atoms with Gasteiger partial charge in [-0.2, -0.15) is 0 Å². The van der Waals surface area contributed by atoms with Gasteiger partial charge in [0.1, 0.15) is 0 Å². The first-order chi connectivity index (χ1) is 7.28. The van der Waals surface area contributed by atoms with Crippen molar-refractivity contribution in [3.63, 3.8) is 0 Å². The predicted octanol–water partition coefficient (Wildman–Crippen LogP) is 0.869. The molecule has 1 aliphatic rings. The van der Waals surface area contributed by atoms with Crippen LogP contribution >= 0.6 is 0 Å². The van der Waals surface area contributed by atoms with Crippen LogP contribution in [0, 0.1) is 0 Å². The molecule has 0 aromatic heterocycles. The molecular formula is C11H24N2O2. The first-order valence-electron chi connectivity index (χ1n) is 5.64. The van der Waals surface area contributed by atoms with E-state index in [9.17, 15) is 0 Å². The summed E-state index contributed by atoms with van der Waals surface area (Å²) in [5.41, 5.74) is 0. The van der Waals surface area contributed by atoms with Crippen LogP contribution in [0.2, 0.25) is 0 Å². The second kappa shape index (κ2) is 9.93. The van der Waals surface area contributed by atoms with Gasteiger partial charge in [0, 0.05) is 6.04 Å². The lowest BCUT2D eigenvalue weighted by Crippen LogP contribution is -2.28. The Morgan fingerprint density at radius 1 is 1.47 bits per heavy atom. The molecule has 0 bridgehead atoms. The minimum atomic E-state index is 0.375. The number of nitrogens with zero attached hydrogens (tertiary/aromatic N) is 1. The van der Waals surface area contributed by atoms with Crippen LogP contribution in [0.4, 0.5) is 0 Å². The third kappa shape index (κ3) is 7.33. The normalized spacial score (nSPS) is 22.2. The van der Waals surface area contributed by atoms with Crippen molar-refractivity contribution in [3.05, 3.63) is 0 Å². The van der Waals surface area contributed by atoms with Crippen LogP contribution in [0.15, 0.2) is 0 Å². The Morgan fingerprint density at radius 2 is 2.13 bits per heavy atom. The van der Waals surface area contributed by atoms with Gasteiger partial charge in [-0.25, -0.2) is 0 Å². The number of nitrogens with one attached hydrogen (secondary N) is 1. The lowest BCUT2D eigenvalue weighted by Gasteiger charge is -2.17. The van der Waals surface area contributed by atoms with Gasteiger partial charge in [0.25, 0.3) is 6.47 Å². The number of hydrogen-bond acceptors (Lipinski definition) is 4. The van der Waals surface area contributed by atoms with Gasteiger partial charge >= 0.3 is 0 Å². The largest absolute Gasteiger partial charge is 0.471 e. The quantitative estimate of drug-likeness (QED) is 0.711. The molecule has 1 fully saturated rings. The lowest BCUT2D eigenvalue weighted by atomic mass is 10.1. The molecule has 4 heteroatoms. The molecule has 1 heterocycles. The molecule has 1 aliphatic heterocycles. The van der Waals surface area contributed by atoms with Crippen molar-refractivity contribution in [2.75, 3.05) is 33.8 Å². The summed E-state index contributed by atoms with van der Waals surface area (Å²) >= 11 is 0. The van der Waals surface area contributed by atoms with Crippen LogP contribution in [0.5, 0.6) is 0 Å². The van der Waals surface area contributed by atoms with E-state index in [0.717, 1.165) is 6.04 Å². The average molecular weight is 216 g/mol. The zero-order valence-electron chi connectivity index (χ0n) is 10.2. The standard InChI is InChI=1S/C9H20N2.C2H4O2/c1-3-11-7-4-5-9(10-2)6-8-11;1-4-2-3/h9-10H,3-8H2,1-2H3;2H,1H3. The van der Waals surface area contributed by atoms with Crippen molar-refractivity contribution < 1.29 is 9.53 Å². The summed E-state index contributed by atoms with van der Waals surface area (Å²) in [6, 6.07) is 0.770. The highest BCUT2D eigenvalue weighted by Crippen LogP contribution is 2.09. The van der Waals surface area contributed by atoms with E-state index < -0.39 is 0 Å². The molecule has 90 valence electrons. The fourth-order valence-electron chi connectivity index (χ4n) is 1.76. The maximum Gasteiger partial charge on any atom is 0.292 e. The van der Waals surface area contributed by atoms with Crippen molar-refractivity contribution in [3.8, 4) is 0 Å². The molecule has 1 rings (SSSR count). The lowest BCUT2D eigenvalue weighted by molar-refractivity contribution is -0.126. The second-order valence-electron chi connectivity index (χ2n) is 3.68. The summed E-state index contributed by atoms with van der Waals surface area (Å²) in [4.78, 5) is 11.5. The van der Waals surface area contributed by atoms with Crippen LogP contribution < -0.4 is 5.32 Å². The molecule has 1 saturated heterocycles. The molecule has 1 N–H and O–H groups in total. The molecule has 0 aliphatic carbocycles. The van der Waals surface area contributed by atoms with E-state index in [1.807, 2.05) is 0 Å². The van der Waals surface area contributed by atoms with E-state index in [2.05, 4.69) is 28.9 Å². The minimum Gasteiger partial charge on any atom is -0.471 e. The van der Waals surface area contributed by atoms with E-state index in [4.69, 9.17) is 4.79 Å². The minimum absolute atomic E-state index is 0.375. The second-order valence-corrected chi connectivity index (χ2v) is 3.68. The maximum absolute atomic E-state index is 8.95. The van der Waals surface area contributed by atoms with E-state index in [0.29, 0.717) is 6.47 Å². The van der Waals surface area contributed by atoms with Gasteiger partial charge in [-0.3, -0.25) is 4.79 Å². The summed E-state index contributed by atoms with van der Waals surface area (Å²) in [6.45, 7) is 6.42. The third-order valence-electron chi connectivity index (χ3n) is 2.77. The molecule has 15 heavy (non-hydrogen) atoms. The van der Waals surface area contributed by atoms with Gasteiger partial charge in [0.05, 0.1) is 7.11 Å². The fraction of sp³-hybridized carbons (Fsp3) is 0.909. The van der Waals surface area contributed by atoms with Gasteiger partial charge in [-0.05, 0) is 45.9 Å². The first kappa shape index (κ1) is 14.4. The average Bonchev–Trinajstić information content (AvgIpc) is 2.54. The van der Waals surface area contributed by atoms with E-state index >= 15 is 0 Å². The SMILES string of the molecule is CCN1CCCC(NC)CC1.COC=O. The van der Waals surface area contributed by atoms with Crippen LogP contribution in [-0.2, 0) is 9.53 Å². The number of carbonyl (C=O) groups excluding carboxylic acids is 1. The highest BCUT2D eigenvalue weighted by molar-refractivity contribution is 5.36. The molecule has 0 radical (unpaired) electrons. The molecule has 0 spiro atoms. The Hall–Kier alpha value is -0.610. The van der Waals surface area contributed by atoms with Crippen molar-refractivity contribution in [1.29, 1.82) is 0 Å². The van der Waals surface area contributed by atoms with Gasteiger partial charge in [0.2, 0.25) is 0 Å². The molecule has 0 aromatic carbocycles. The summed E-state index contributed by atoms with van der Waals surface area (Å²) in [7, 11) is 3.39. The molecule has 0 amide bonds. The number of hydrogen-bond donors (Lipinski definition) is 1. The summed E-state index contributed by atoms with van der Waals surface area (Å²) in [5.74, 6) is 0. The molecular weight excluding hydrogens is 192 g/mol. The molecule has 4 nitrogen and oxygen atoms in total. The van der Waals surface area contributed by atoms with Gasteiger partial charge in [-0.1, -0.05) is 6.92 Å². The highest BCUT2D eigenvalue weighted by atomic mass is 16.5. The first-order valence-corrected chi connectivity index (χ1v) is 5.64. The van der Waals surface area contributed by atoms with E-state index in [1.165, 1.54) is 46.0 Å². The van der Waals surface area contributed by atoms with E-state index in [1.54, 1.807) is 0 Å². The van der Waals surface area contributed by atoms with Crippen LogP contribution in [-0.4, -0.2) is 51.2 Å². The Morgan fingerprint density at radius 3 is 2.60 bits per heavy atom. The predicted molar refractivity (Wildman–Crippen MR) is 61.9 cm³/mol. The smallest absolute Gasteiger partial charge is 0.292 e. The fourth-order valence-corrected chi connectivity index (χ4v) is 1.76.